The molecule has 0 saturated heterocycles. The molecule has 29 heavy (non-hydrogen) atoms. The van der Waals surface area contributed by atoms with Gasteiger partial charge in [-0.15, -0.1) is 0 Å². The summed E-state index contributed by atoms with van der Waals surface area (Å²) in [4.78, 5) is 17.0. The molecule has 0 aliphatic heterocycles. The largest absolute Gasteiger partial charge is 0.460 e. The van der Waals surface area contributed by atoms with Gasteiger partial charge in [0.2, 0.25) is 0 Å². The van der Waals surface area contributed by atoms with Crippen molar-refractivity contribution in [1.82, 2.24) is 0 Å². The van der Waals surface area contributed by atoms with Crippen molar-refractivity contribution in [2.24, 2.45) is 0 Å². The minimum atomic E-state index is -7.91. The first-order valence-corrected chi connectivity index (χ1v) is 9.26. The van der Waals surface area contributed by atoms with E-state index < -0.39 is 68.8 Å². The highest BCUT2D eigenvalue weighted by atomic mass is 31.2. The molecule has 0 aromatic rings. The Labute approximate surface area is 154 Å². The summed E-state index contributed by atoms with van der Waals surface area (Å²) in [6, 6.07) is 0. The molecule has 0 unspecified atom stereocenters. The van der Waals surface area contributed by atoms with Gasteiger partial charge in [-0.2, -0.15) is 57.1 Å². The molecular weight excluding hydrogens is 470 g/mol. The van der Waals surface area contributed by atoms with Crippen LogP contribution < -0.4 is 0 Å². The first-order chi connectivity index (χ1) is 12.5. The van der Waals surface area contributed by atoms with Crippen molar-refractivity contribution in [2.45, 2.75) is 67.9 Å². The van der Waals surface area contributed by atoms with Gasteiger partial charge in [0.05, 0.1) is 0 Å². The number of hydrogen-bond acceptors (Lipinski definition) is 1. The van der Waals surface area contributed by atoms with E-state index in [-0.39, 0.29) is 12.8 Å². The summed E-state index contributed by atoms with van der Waals surface area (Å²) < 4.78 is 177. The average Bonchev–Trinajstić information content (AvgIpc) is 2.47. The Morgan fingerprint density at radius 1 is 0.552 bits per heavy atom. The van der Waals surface area contributed by atoms with Gasteiger partial charge in [-0.05, 0) is 12.8 Å². The van der Waals surface area contributed by atoms with E-state index >= 15 is 0 Å². The molecule has 0 aliphatic carbocycles. The highest BCUT2D eigenvalue weighted by molar-refractivity contribution is 7.51. The van der Waals surface area contributed by atoms with Gasteiger partial charge in [0.15, 0.2) is 0 Å². The van der Waals surface area contributed by atoms with Crippen LogP contribution in [0, 0.1) is 0 Å². The molecule has 2 N–H and O–H groups in total. The van der Waals surface area contributed by atoms with Crippen LogP contribution in [0.3, 0.4) is 0 Å². The minimum Gasteiger partial charge on any atom is -0.324 e. The van der Waals surface area contributed by atoms with Crippen LogP contribution in [0.1, 0.15) is 32.1 Å². The maximum Gasteiger partial charge on any atom is 0.460 e. The molecular formula is C12H14F13O3P. The monoisotopic (exact) mass is 484 g/mol. The summed E-state index contributed by atoms with van der Waals surface area (Å²) in [5.41, 5.74) is 0. The van der Waals surface area contributed by atoms with E-state index in [0.29, 0.717) is 0 Å². The summed E-state index contributed by atoms with van der Waals surface area (Å²) in [5, 5.41) is 0. The van der Waals surface area contributed by atoms with Crippen LogP contribution in [0.4, 0.5) is 57.1 Å². The molecule has 0 heterocycles. The predicted molar refractivity (Wildman–Crippen MR) is 70.8 cm³/mol. The smallest absolute Gasteiger partial charge is 0.324 e. The molecule has 0 spiro atoms. The highest BCUT2D eigenvalue weighted by Gasteiger charge is 2.90. The second-order valence-electron chi connectivity index (χ2n) is 6.05. The van der Waals surface area contributed by atoms with Gasteiger partial charge in [-0.3, -0.25) is 4.57 Å². The molecule has 3 nitrogen and oxygen atoms in total. The average molecular weight is 484 g/mol. The second kappa shape index (κ2) is 8.40. The standard InChI is InChI=1S/C12H14F13O3P/c13-7(14,5-3-1-2-4-6-29(26,27)28)8(15,16)9(17,18)10(19,20)11(21,22)12(23,24)25/h1-6H2,(H2,26,27,28). The van der Waals surface area contributed by atoms with Gasteiger partial charge in [0, 0.05) is 12.6 Å². The summed E-state index contributed by atoms with van der Waals surface area (Å²) in [7, 11) is -4.46. The van der Waals surface area contributed by atoms with Crippen molar-refractivity contribution in [3.63, 3.8) is 0 Å². The van der Waals surface area contributed by atoms with E-state index in [1.165, 1.54) is 0 Å². The van der Waals surface area contributed by atoms with Crippen molar-refractivity contribution in [2.75, 3.05) is 6.16 Å². The van der Waals surface area contributed by atoms with Crippen LogP contribution in [0.2, 0.25) is 0 Å². The van der Waals surface area contributed by atoms with E-state index in [2.05, 4.69) is 0 Å². The Kier molecular flexibility index (Phi) is 8.18. The Hall–Kier alpha value is -0.760. The number of rotatable bonds is 11. The number of hydrogen-bond donors (Lipinski definition) is 2. The van der Waals surface area contributed by atoms with E-state index in [0.717, 1.165) is 0 Å². The van der Waals surface area contributed by atoms with Crippen LogP contribution in [0.25, 0.3) is 0 Å². The topological polar surface area (TPSA) is 57.5 Å². The van der Waals surface area contributed by atoms with Crippen molar-refractivity contribution in [3.05, 3.63) is 0 Å². The molecule has 0 aromatic heterocycles. The molecule has 0 atom stereocenters. The fourth-order valence-corrected chi connectivity index (χ4v) is 2.61. The summed E-state index contributed by atoms with van der Waals surface area (Å²) in [5.74, 6) is -36.8. The molecule has 0 aliphatic rings. The van der Waals surface area contributed by atoms with E-state index in [1.807, 2.05) is 0 Å². The molecule has 176 valence electrons. The Balaban J connectivity index is 5.38. The van der Waals surface area contributed by atoms with Crippen LogP contribution in [0.5, 0.6) is 0 Å². The van der Waals surface area contributed by atoms with Gasteiger partial charge in [0.1, 0.15) is 0 Å². The molecule has 0 saturated carbocycles. The van der Waals surface area contributed by atoms with Crippen molar-refractivity contribution in [1.29, 1.82) is 0 Å². The molecule has 0 amide bonds. The third kappa shape index (κ3) is 5.69. The van der Waals surface area contributed by atoms with Gasteiger partial charge < -0.3 is 9.79 Å². The van der Waals surface area contributed by atoms with E-state index in [4.69, 9.17) is 9.79 Å². The lowest BCUT2D eigenvalue weighted by atomic mass is 9.91. The summed E-state index contributed by atoms with van der Waals surface area (Å²) in [6.07, 6.45) is -12.7. The predicted octanol–water partition coefficient (Wildman–Crippen LogP) is 5.85. The second-order valence-corrected chi connectivity index (χ2v) is 7.83. The third-order valence-corrected chi connectivity index (χ3v) is 4.59. The number of alkyl halides is 13. The van der Waals surface area contributed by atoms with Gasteiger partial charge in [-0.1, -0.05) is 12.8 Å². The third-order valence-electron chi connectivity index (χ3n) is 3.69. The maximum atomic E-state index is 13.4. The fourth-order valence-electron chi connectivity index (χ4n) is 1.98. The fraction of sp³-hybridized carbons (Fsp3) is 1.00. The van der Waals surface area contributed by atoms with Gasteiger partial charge in [0.25, 0.3) is 0 Å². The Morgan fingerprint density at radius 3 is 1.31 bits per heavy atom. The Morgan fingerprint density at radius 2 is 0.931 bits per heavy atom. The van der Waals surface area contributed by atoms with Crippen LogP contribution in [-0.4, -0.2) is 51.7 Å². The zero-order chi connectivity index (χ0) is 23.7. The minimum absolute atomic E-state index is 0.286. The summed E-state index contributed by atoms with van der Waals surface area (Å²) in [6.45, 7) is 0. The first kappa shape index (κ1) is 28.2. The van der Waals surface area contributed by atoms with Crippen molar-refractivity contribution in [3.8, 4) is 0 Å². The molecule has 17 heteroatoms. The molecule has 0 fully saturated rings. The SMILES string of the molecule is O=P(O)(O)CCCCCCC(F)(F)C(F)(F)C(F)(F)C(F)(F)C(F)(F)C(F)(F)F. The Bertz CT molecular complexity index is 596. The number of unbranched alkanes of at least 4 members (excludes halogenated alkanes) is 3. The quantitative estimate of drug-likeness (QED) is 0.220. The zero-order valence-corrected chi connectivity index (χ0v) is 14.8. The van der Waals surface area contributed by atoms with Crippen LogP contribution in [-0.2, 0) is 4.57 Å². The molecule has 0 radical (unpaired) electrons. The van der Waals surface area contributed by atoms with Gasteiger partial charge >= 0.3 is 43.4 Å². The summed E-state index contributed by atoms with van der Waals surface area (Å²) >= 11 is 0. The lowest BCUT2D eigenvalue weighted by Gasteiger charge is -2.39. The lowest BCUT2D eigenvalue weighted by molar-refractivity contribution is -0.440. The first-order valence-electron chi connectivity index (χ1n) is 7.46. The normalized spacial score (nSPS) is 15.7. The van der Waals surface area contributed by atoms with Crippen LogP contribution >= 0.6 is 7.60 Å². The van der Waals surface area contributed by atoms with Crippen molar-refractivity contribution >= 4 is 7.60 Å². The lowest BCUT2D eigenvalue weighted by Crippen LogP contribution is -2.70. The molecule has 0 rings (SSSR count). The van der Waals surface area contributed by atoms with E-state index in [1.54, 1.807) is 0 Å². The van der Waals surface area contributed by atoms with Crippen LogP contribution in [0.15, 0.2) is 0 Å². The zero-order valence-electron chi connectivity index (χ0n) is 13.9. The molecule has 0 aromatic carbocycles. The number of halogens is 13. The molecule has 0 bridgehead atoms. The van der Waals surface area contributed by atoms with Gasteiger partial charge in [-0.25, -0.2) is 0 Å². The maximum absolute atomic E-state index is 13.4. The van der Waals surface area contributed by atoms with Crippen molar-refractivity contribution < 1.29 is 71.4 Å². The highest BCUT2D eigenvalue weighted by Crippen LogP contribution is 2.60. The van der Waals surface area contributed by atoms with E-state index in [9.17, 15) is 61.6 Å².